The van der Waals surface area contributed by atoms with E-state index in [1.807, 2.05) is 55.5 Å². The molecule has 0 radical (unpaired) electrons. The van der Waals surface area contributed by atoms with Crippen LogP contribution in [0.25, 0.3) is 5.70 Å². The van der Waals surface area contributed by atoms with E-state index in [0.717, 1.165) is 45.5 Å². The molecule has 2 atom stereocenters. The van der Waals surface area contributed by atoms with Gasteiger partial charge in [0.2, 0.25) is 11.8 Å². The number of aliphatic imine (C=N–C) groups is 1. The third-order valence-corrected chi connectivity index (χ3v) is 8.85. The topological polar surface area (TPSA) is 164 Å². The molecule has 226 valence electrons. The van der Waals surface area contributed by atoms with Gasteiger partial charge >= 0.3 is 0 Å². The average Bonchev–Trinajstić information content (AvgIpc) is 3.45. The van der Waals surface area contributed by atoms with Crippen molar-refractivity contribution >= 4 is 29.0 Å². The molecule has 44 heavy (non-hydrogen) atoms. The second-order valence-corrected chi connectivity index (χ2v) is 11.7. The van der Waals surface area contributed by atoms with Gasteiger partial charge in [-0.1, -0.05) is 42.5 Å². The molecule has 0 bridgehead atoms. The standard InChI is InChI=1S/C35H39N7O2/c1-22-5-11-28(12-6-22)41-34(39)35(15-16-40-21-32(43)42-17-3-4-29(42)20-36)30-13-9-24(23(2)37)18-25(30)7-8-26-19-27(33(38)44)10-14-31(26)35/h5-6,9-14,18-19,29,40H,2-4,7-8,15-17,21,37H2,1H3,(H2,38,44)(H2,39,41)/t29-,35?/m0/s1. The maximum absolute atomic E-state index is 13.0. The fourth-order valence-electron chi connectivity index (χ4n) is 6.50. The monoisotopic (exact) mass is 589 g/mol. The highest BCUT2D eigenvalue weighted by atomic mass is 16.2. The van der Waals surface area contributed by atoms with Gasteiger partial charge < -0.3 is 27.4 Å². The molecular formula is C35H39N7O2. The van der Waals surface area contributed by atoms with Crippen LogP contribution in [0.4, 0.5) is 5.69 Å². The molecular weight excluding hydrogens is 550 g/mol. The third-order valence-electron chi connectivity index (χ3n) is 8.85. The number of hydrogen-bond donors (Lipinski definition) is 4. The molecule has 1 saturated heterocycles. The number of amidine groups is 1. The van der Waals surface area contributed by atoms with E-state index in [1.54, 1.807) is 11.0 Å². The first-order chi connectivity index (χ1) is 21.1. The van der Waals surface area contributed by atoms with E-state index < -0.39 is 11.3 Å². The molecule has 1 unspecified atom stereocenters. The van der Waals surface area contributed by atoms with Gasteiger partial charge in [-0.25, -0.2) is 4.99 Å². The van der Waals surface area contributed by atoms with Crippen molar-refractivity contribution in [3.8, 4) is 6.07 Å². The van der Waals surface area contributed by atoms with E-state index in [2.05, 4.69) is 24.0 Å². The number of fused-ring (bicyclic) bond motifs is 2. The second kappa shape index (κ2) is 12.7. The quantitative estimate of drug-likeness (QED) is 0.169. The zero-order chi connectivity index (χ0) is 31.4. The van der Waals surface area contributed by atoms with Gasteiger partial charge in [-0.2, -0.15) is 5.26 Å². The maximum atomic E-state index is 13.0. The molecule has 1 aliphatic carbocycles. The summed E-state index contributed by atoms with van der Waals surface area (Å²) in [6.45, 7) is 7.09. The number of hydrogen-bond acceptors (Lipinski definition) is 6. The smallest absolute Gasteiger partial charge is 0.248 e. The van der Waals surface area contributed by atoms with Gasteiger partial charge in [0, 0.05) is 17.8 Å². The maximum Gasteiger partial charge on any atom is 0.248 e. The number of carbonyl (C=O) groups excluding carboxylic acids is 2. The summed E-state index contributed by atoms with van der Waals surface area (Å²) in [5, 5.41) is 12.8. The van der Waals surface area contributed by atoms with Crippen LogP contribution >= 0.6 is 0 Å². The molecule has 3 aromatic carbocycles. The van der Waals surface area contributed by atoms with Crippen LogP contribution in [-0.2, 0) is 23.1 Å². The first kappa shape index (κ1) is 30.5. The van der Waals surface area contributed by atoms with Crippen LogP contribution in [0.5, 0.6) is 0 Å². The Bertz CT molecular complexity index is 1600. The molecule has 0 saturated carbocycles. The highest BCUT2D eigenvalue weighted by Gasteiger charge is 2.43. The second-order valence-electron chi connectivity index (χ2n) is 11.7. The number of rotatable bonds is 9. The largest absolute Gasteiger partial charge is 0.399 e. The first-order valence-electron chi connectivity index (χ1n) is 15.0. The van der Waals surface area contributed by atoms with Gasteiger partial charge in [0.05, 0.1) is 23.7 Å². The van der Waals surface area contributed by atoms with Gasteiger partial charge in [0.15, 0.2) is 0 Å². The highest BCUT2D eigenvalue weighted by Crippen LogP contribution is 2.44. The van der Waals surface area contributed by atoms with E-state index in [4.69, 9.17) is 22.2 Å². The van der Waals surface area contributed by atoms with E-state index >= 15 is 0 Å². The fourth-order valence-corrected chi connectivity index (χ4v) is 6.50. The minimum absolute atomic E-state index is 0.0942. The average molecular weight is 590 g/mol. The Morgan fingerprint density at radius 2 is 1.66 bits per heavy atom. The summed E-state index contributed by atoms with van der Waals surface area (Å²) in [7, 11) is 0. The Balaban J connectivity index is 1.61. The molecule has 2 amide bonds. The van der Waals surface area contributed by atoms with Crippen molar-refractivity contribution in [2.75, 3.05) is 19.6 Å². The molecule has 0 aromatic heterocycles. The fraction of sp³-hybridized carbons (Fsp3) is 0.314. The number of aryl methyl sites for hydroxylation is 3. The van der Waals surface area contributed by atoms with Gasteiger partial charge in [-0.3, -0.25) is 9.59 Å². The lowest BCUT2D eigenvalue weighted by Gasteiger charge is -2.37. The molecule has 3 aromatic rings. The Labute approximate surface area is 258 Å². The molecule has 1 aliphatic heterocycles. The lowest BCUT2D eigenvalue weighted by molar-refractivity contribution is -0.130. The third kappa shape index (κ3) is 5.94. The van der Waals surface area contributed by atoms with Crippen molar-refractivity contribution < 1.29 is 9.59 Å². The van der Waals surface area contributed by atoms with E-state index in [-0.39, 0.29) is 18.5 Å². The van der Waals surface area contributed by atoms with Crippen molar-refractivity contribution in [2.24, 2.45) is 22.2 Å². The van der Waals surface area contributed by atoms with Crippen LogP contribution in [0.15, 0.2) is 72.2 Å². The summed E-state index contributed by atoms with van der Waals surface area (Å²) in [6, 6.07) is 21.3. The number of nitrogens with one attached hydrogen (secondary N) is 1. The number of carbonyl (C=O) groups is 2. The van der Waals surface area contributed by atoms with Crippen LogP contribution in [0.2, 0.25) is 0 Å². The molecule has 1 heterocycles. The lowest BCUT2D eigenvalue weighted by Crippen LogP contribution is -2.46. The van der Waals surface area contributed by atoms with E-state index in [9.17, 15) is 14.9 Å². The lowest BCUT2D eigenvalue weighted by atomic mass is 9.68. The van der Waals surface area contributed by atoms with E-state index in [0.29, 0.717) is 55.9 Å². The Hall–Kier alpha value is -4.94. The Morgan fingerprint density at radius 1 is 1.02 bits per heavy atom. The molecule has 7 N–H and O–H groups in total. The molecule has 9 heteroatoms. The normalized spacial score (nSPS) is 19.4. The van der Waals surface area contributed by atoms with Crippen molar-refractivity contribution in [1.29, 1.82) is 5.26 Å². The van der Waals surface area contributed by atoms with Crippen molar-refractivity contribution in [3.05, 3.63) is 106 Å². The molecule has 2 aliphatic rings. The van der Waals surface area contributed by atoms with Crippen LogP contribution in [0.3, 0.4) is 0 Å². The van der Waals surface area contributed by atoms with Gasteiger partial charge in [0.25, 0.3) is 0 Å². The van der Waals surface area contributed by atoms with Gasteiger partial charge in [0.1, 0.15) is 11.9 Å². The molecule has 0 spiro atoms. The van der Waals surface area contributed by atoms with E-state index in [1.165, 1.54) is 0 Å². The summed E-state index contributed by atoms with van der Waals surface area (Å²) in [5.74, 6) is -0.196. The van der Waals surface area contributed by atoms with Crippen molar-refractivity contribution in [3.63, 3.8) is 0 Å². The zero-order valence-corrected chi connectivity index (χ0v) is 25.1. The molecule has 9 nitrogen and oxygen atoms in total. The van der Waals surface area contributed by atoms with Crippen LogP contribution in [0, 0.1) is 18.3 Å². The van der Waals surface area contributed by atoms with Crippen LogP contribution in [-0.4, -0.2) is 48.2 Å². The predicted octanol–water partition coefficient (Wildman–Crippen LogP) is 3.59. The molecule has 5 rings (SSSR count). The number of nitriles is 1. The summed E-state index contributed by atoms with van der Waals surface area (Å²) in [6.07, 6.45) is 3.34. The Morgan fingerprint density at radius 3 is 2.27 bits per heavy atom. The number of nitrogens with zero attached hydrogens (tertiary/aromatic N) is 3. The van der Waals surface area contributed by atoms with Crippen LogP contribution in [0.1, 0.15) is 63.0 Å². The van der Waals surface area contributed by atoms with Crippen molar-refractivity contribution in [2.45, 2.75) is 50.5 Å². The van der Waals surface area contributed by atoms with Crippen molar-refractivity contribution in [1.82, 2.24) is 10.2 Å². The number of likely N-dealkylation sites (tertiary alicyclic amines) is 1. The van der Waals surface area contributed by atoms with Gasteiger partial charge in [-0.05, 0) is 104 Å². The summed E-state index contributed by atoms with van der Waals surface area (Å²) < 4.78 is 0. The number of primary amides is 1. The molecule has 1 fully saturated rings. The number of benzene rings is 3. The minimum atomic E-state index is -0.907. The summed E-state index contributed by atoms with van der Waals surface area (Å²) >= 11 is 0. The number of amides is 2. The summed E-state index contributed by atoms with van der Waals surface area (Å²) in [5.41, 5.74) is 25.5. The van der Waals surface area contributed by atoms with Crippen LogP contribution < -0.4 is 22.5 Å². The minimum Gasteiger partial charge on any atom is -0.399 e. The summed E-state index contributed by atoms with van der Waals surface area (Å²) in [4.78, 5) is 31.8. The Kier molecular flexibility index (Phi) is 8.83. The first-order valence-corrected chi connectivity index (χ1v) is 15.0. The zero-order valence-electron chi connectivity index (χ0n) is 25.1. The van der Waals surface area contributed by atoms with Gasteiger partial charge in [-0.15, -0.1) is 0 Å². The predicted molar refractivity (Wildman–Crippen MR) is 173 cm³/mol. The number of nitrogens with two attached hydrogens (primary N) is 3. The highest BCUT2D eigenvalue weighted by molar-refractivity contribution is 5.99. The SMILES string of the molecule is C=C(N)c1ccc2c(c1)CCc1cc(C(N)=O)ccc1C2(CCNCC(=O)N1CCC[C@H]1C#N)C(N)=Nc1ccc(C)cc1.